The fourth-order valence-corrected chi connectivity index (χ4v) is 4.18. The van der Waals surface area contributed by atoms with Gasteiger partial charge in [-0.2, -0.15) is 0 Å². The topological polar surface area (TPSA) is 126 Å². The van der Waals surface area contributed by atoms with Crippen molar-refractivity contribution in [2.75, 3.05) is 38.0 Å². The second kappa shape index (κ2) is 8.93. The number of aromatic nitrogens is 4. The van der Waals surface area contributed by atoms with Gasteiger partial charge in [-0.15, -0.1) is 13.2 Å². The van der Waals surface area contributed by atoms with Gasteiger partial charge in [0.15, 0.2) is 23.2 Å². The Bertz CT molecular complexity index is 924. The van der Waals surface area contributed by atoms with Crippen molar-refractivity contribution < 1.29 is 20.1 Å². The summed E-state index contributed by atoms with van der Waals surface area (Å²) in [5.74, 6) is 0.545. The van der Waals surface area contributed by atoms with Crippen LogP contribution in [-0.2, 0) is 4.74 Å². The summed E-state index contributed by atoms with van der Waals surface area (Å²) in [6.45, 7) is 5.34. The van der Waals surface area contributed by atoms with Crippen molar-refractivity contribution in [3.8, 4) is 0 Å². The van der Waals surface area contributed by atoms with Crippen molar-refractivity contribution in [1.82, 2.24) is 19.5 Å². The number of hydrogen-bond acceptors (Lipinski definition) is 8. The van der Waals surface area contributed by atoms with Crippen LogP contribution in [0.5, 0.6) is 0 Å². The van der Waals surface area contributed by atoms with E-state index in [4.69, 9.17) is 9.84 Å². The minimum atomic E-state index is -1.25. The number of aliphatic hydroxyl groups is 3. The highest BCUT2D eigenvalue weighted by Gasteiger charge is 2.44. The summed E-state index contributed by atoms with van der Waals surface area (Å²) >= 11 is 0. The zero-order valence-corrected chi connectivity index (χ0v) is 18.0. The predicted octanol–water partition coefficient (Wildman–Crippen LogP) is 0.895. The standard InChI is InChI=1S/C19H30N5O4P/c1-12(9-25)5-7-20-17-14-18(22-10-21-17)24(11-23-14)19-16(27)15(26)13(28-19)6-8-29(2,3)4/h5,10-11,13,15-16,19,25-27H,2,6-9H2,1,3-4H3,(H,20,21,22)/b12-5-/t13-,15-,16-,19?/m1/s1. The van der Waals surface area contributed by atoms with Crippen LogP contribution in [0.3, 0.4) is 0 Å². The van der Waals surface area contributed by atoms with E-state index in [1.54, 1.807) is 10.9 Å². The summed E-state index contributed by atoms with van der Waals surface area (Å²) < 4.78 is 7.63. The molecular weight excluding hydrogens is 393 g/mol. The summed E-state index contributed by atoms with van der Waals surface area (Å²) in [6.07, 6.45) is 7.24. The molecule has 1 saturated heterocycles. The maximum atomic E-state index is 10.6. The van der Waals surface area contributed by atoms with Crippen molar-refractivity contribution in [3.05, 3.63) is 24.3 Å². The van der Waals surface area contributed by atoms with Crippen LogP contribution < -0.4 is 5.32 Å². The van der Waals surface area contributed by atoms with Crippen LogP contribution in [0.15, 0.2) is 24.3 Å². The number of nitrogens with zero attached hydrogens (tertiary/aromatic N) is 4. The number of fused-ring (bicyclic) bond motifs is 1. The third-order valence-electron chi connectivity index (χ3n) is 4.96. The van der Waals surface area contributed by atoms with Gasteiger partial charge in [0, 0.05) is 6.54 Å². The fourth-order valence-electron chi connectivity index (χ4n) is 3.23. The van der Waals surface area contributed by atoms with Crippen molar-refractivity contribution in [1.29, 1.82) is 0 Å². The van der Waals surface area contributed by atoms with Crippen LogP contribution >= 0.6 is 6.89 Å². The van der Waals surface area contributed by atoms with Crippen molar-refractivity contribution in [2.24, 2.45) is 0 Å². The molecule has 0 bridgehead atoms. The maximum absolute atomic E-state index is 10.6. The van der Waals surface area contributed by atoms with Crippen LogP contribution in [-0.4, -0.2) is 92.1 Å². The van der Waals surface area contributed by atoms with Gasteiger partial charge in [-0.05, 0) is 32.8 Å². The second-order valence-electron chi connectivity index (χ2n) is 8.13. The van der Waals surface area contributed by atoms with Gasteiger partial charge >= 0.3 is 0 Å². The number of rotatable bonds is 8. The third kappa shape index (κ3) is 5.05. The first-order chi connectivity index (χ1) is 13.7. The van der Waals surface area contributed by atoms with Gasteiger partial charge in [0.1, 0.15) is 18.5 Å². The van der Waals surface area contributed by atoms with Crippen LogP contribution in [0.25, 0.3) is 11.2 Å². The first-order valence-electron chi connectivity index (χ1n) is 9.58. The van der Waals surface area contributed by atoms with Gasteiger partial charge in [0.25, 0.3) is 0 Å². The Hall–Kier alpha value is -1.77. The number of imidazole rings is 1. The zero-order valence-electron chi connectivity index (χ0n) is 17.1. The second-order valence-corrected chi connectivity index (χ2v) is 12.4. The van der Waals surface area contributed by atoms with Crippen molar-refractivity contribution in [2.45, 2.75) is 37.9 Å². The highest BCUT2D eigenvalue weighted by atomic mass is 31.2. The first-order valence-corrected chi connectivity index (χ1v) is 12.6. The molecule has 1 fully saturated rings. The lowest BCUT2D eigenvalue weighted by molar-refractivity contribution is -0.0353. The molecule has 0 aliphatic carbocycles. The number of nitrogens with one attached hydrogen (secondary N) is 1. The van der Waals surface area contributed by atoms with E-state index in [-0.39, 0.29) is 6.61 Å². The van der Waals surface area contributed by atoms with Crippen LogP contribution in [0, 0.1) is 0 Å². The van der Waals surface area contributed by atoms with Crippen LogP contribution in [0.4, 0.5) is 5.82 Å². The molecule has 3 rings (SSSR count). The quantitative estimate of drug-likeness (QED) is 0.365. The Morgan fingerprint density at radius 3 is 2.76 bits per heavy atom. The van der Waals surface area contributed by atoms with Gasteiger partial charge in [-0.3, -0.25) is 4.57 Å². The highest BCUT2D eigenvalue weighted by Crippen LogP contribution is 2.40. The number of ether oxygens (including phenoxy) is 1. The van der Waals surface area contributed by atoms with Crippen molar-refractivity contribution >= 4 is 30.2 Å². The molecular formula is C19H30N5O4P. The average molecular weight is 423 g/mol. The van der Waals surface area contributed by atoms with E-state index in [9.17, 15) is 10.2 Å². The predicted molar refractivity (Wildman–Crippen MR) is 116 cm³/mol. The molecule has 0 spiro atoms. The van der Waals surface area contributed by atoms with Gasteiger partial charge in [0.2, 0.25) is 0 Å². The molecule has 4 N–H and O–H groups in total. The van der Waals surface area contributed by atoms with E-state index in [0.29, 0.717) is 29.9 Å². The molecule has 10 heteroatoms. The first kappa shape index (κ1) is 21.9. The van der Waals surface area contributed by atoms with E-state index < -0.39 is 31.4 Å². The Kier molecular flexibility index (Phi) is 6.76. The van der Waals surface area contributed by atoms with Gasteiger partial charge in [0.05, 0.1) is 19.0 Å². The Labute approximate surface area is 170 Å². The lowest BCUT2D eigenvalue weighted by Gasteiger charge is -2.18. The summed E-state index contributed by atoms with van der Waals surface area (Å²) in [5.41, 5.74) is 1.90. The SMILES string of the molecule is C=P(C)(C)CC[C@H]1OC(n2cnc3c(NC/C=C(/C)CO)ncnc32)[C@H](O)[C@@H]1O. The summed E-state index contributed by atoms with van der Waals surface area (Å²) in [6, 6.07) is 0. The lowest BCUT2D eigenvalue weighted by atomic mass is 10.1. The maximum Gasteiger partial charge on any atom is 0.167 e. The van der Waals surface area contributed by atoms with Crippen LogP contribution in [0.1, 0.15) is 19.6 Å². The van der Waals surface area contributed by atoms with E-state index in [2.05, 4.69) is 39.9 Å². The molecule has 3 heterocycles. The molecule has 1 aliphatic heterocycles. The Balaban J connectivity index is 1.80. The molecule has 2 aromatic rings. The van der Waals surface area contributed by atoms with Crippen LogP contribution in [0.2, 0.25) is 0 Å². The molecule has 0 amide bonds. The largest absolute Gasteiger partial charge is 0.392 e. The molecule has 160 valence electrons. The molecule has 4 atom stereocenters. The molecule has 2 aromatic heterocycles. The number of hydrogen-bond donors (Lipinski definition) is 4. The fraction of sp³-hybridized carbons (Fsp3) is 0.579. The number of anilines is 1. The number of aliphatic hydroxyl groups excluding tert-OH is 3. The summed E-state index contributed by atoms with van der Waals surface area (Å²) in [5, 5.41) is 33.3. The van der Waals surface area contributed by atoms with E-state index >= 15 is 0 Å². The third-order valence-corrected chi connectivity index (χ3v) is 6.43. The van der Waals surface area contributed by atoms with Gasteiger partial charge in [-0.1, -0.05) is 11.6 Å². The monoisotopic (exact) mass is 423 g/mol. The van der Waals surface area contributed by atoms with E-state index in [1.807, 2.05) is 13.0 Å². The van der Waals surface area contributed by atoms with E-state index in [1.165, 1.54) is 6.33 Å². The molecule has 0 radical (unpaired) electrons. The lowest BCUT2D eigenvalue weighted by Crippen LogP contribution is -2.31. The minimum Gasteiger partial charge on any atom is -0.392 e. The van der Waals surface area contributed by atoms with E-state index in [0.717, 1.165) is 11.7 Å². The highest BCUT2D eigenvalue weighted by molar-refractivity contribution is 7.72. The molecule has 0 aromatic carbocycles. The smallest absolute Gasteiger partial charge is 0.167 e. The summed E-state index contributed by atoms with van der Waals surface area (Å²) in [7, 11) is 0. The molecule has 1 aliphatic rings. The Morgan fingerprint density at radius 2 is 2.07 bits per heavy atom. The minimum absolute atomic E-state index is 0.00313. The molecule has 1 unspecified atom stereocenters. The zero-order chi connectivity index (χ0) is 21.2. The normalized spacial score (nSPS) is 25.7. The molecule has 0 saturated carbocycles. The molecule has 29 heavy (non-hydrogen) atoms. The molecule has 9 nitrogen and oxygen atoms in total. The van der Waals surface area contributed by atoms with Crippen molar-refractivity contribution in [3.63, 3.8) is 0 Å². The van der Waals surface area contributed by atoms with Gasteiger partial charge in [-0.25, -0.2) is 15.0 Å². The van der Waals surface area contributed by atoms with Gasteiger partial charge < -0.3 is 25.4 Å². The summed E-state index contributed by atoms with van der Waals surface area (Å²) in [4.78, 5) is 12.9. The average Bonchev–Trinajstić information content (AvgIpc) is 3.22. The Morgan fingerprint density at radius 1 is 1.31 bits per heavy atom.